The molecule has 0 unspecified atom stereocenters. The Bertz CT molecular complexity index is 980. The van der Waals surface area contributed by atoms with Gasteiger partial charge in [0.05, 0.1) is 0 Å². The summed E-state index contributed by atoms with van der Waals surface area (Å²) in [5.74, 6) is 0.668. The maximum Gasteiger partial charge on any atom is 0.226 e. The molecule has 0 spiro atoms. The normalized spacial score (nSPS) is 17.3. The van der Waals surface area contributed by atoms with E-state index < -0.39 is 0 Å². The van der Waals surface area contributed by atoms with Gasteiger partial charge in [0.15, 0.2) is 0 Å². The molecule has 0 radical (unpaired) electrons. The molecule has 2 amide bonds. The SMILES string of the molecule is Cc1cc(N2CCN(CC3CCN(c4ccc(N)cc4)CC3)CC2)ccc1NC(=O)CCNC=O. The average molecular weight is 479 g/mol. The summed E-state index contributed by atoms with van der Waals surface area (Å²) in [5, 5.41) is 5.45. The number of nitrogens with zero attached hydrogens (tertiary/aromatic N) is 3. The fraction of sp³-hybridized carbons (Fsp3) is 0.481. The zero-order valence-electron chi connectivity index (χ0n) is 20.7. The van der Waals surface area contributed by atoms with E-state index in [4.69, 9.17) is 5.73 Å². The molecule has 188 valence electrons. The minimum Gasteiger partial charge on any atom is -0.399 e. The van der Waals surface area contributed by atoms with Gasteiger partial charge in [-0.3, -0.25) is 14.5 Å². The minimum atomic E-state index is -0.0943. The lowest BCUT2D eigenvalue weighted by Crippen LogP contribution is -2.49. The highest BCUT2D eigenvalue weighted by Crippen LogP contribution is 2.27. The molecule has 0 aliphatic carbocycles. The lowest BCUT2D eigenvalue weighted by Gasteiger charge is -2.40. The Morgan fingerprint density at radius 2 is 1.63 bits per heavy atom. The van der Waals surface area contributed by atoms with Gasteiger partial charge in [-0.2, -0.15) is 0 Å². The second-order valence-corrected chi connectivity index (χ2v) is 9.68. The molecule has 2 aliphatic rings. The third-order valence-corrected chi connectivity index (χ3v) is 7.19. The van der Waals surface area contributed by atoms with Gasteiger partial charge in [0.2, 0.25) is 12.3 Å². The zero-order valence-corrected chi connectivity index (χ0v) is 20.7. The summed E-state index contributed by atoms with van der Waals surface area (Å²) in [6.07, 6.45) is 3.35. The van der Waals surface area contributed by atoms with Crippen LogP contribution in [0.2, 0.25) is 0 Å². The molecule has 0 aromatic heterocycles. The summed E-state index contributed by atoms with van der Waals surface area (Å²) in [4.78, 5) is 29.9. The van der Waals surface area contributed by atoms with Gasteiger partial charge < -0.3 is 26.2 Å². The fourth-order valence-corrected chi connectivity index (χ4v) is 5.05. The maximum atomic E-state index is 12.0. The first-order valence-electron chi connectivity index (χ1n) is 12.7. The van der Waals surface area contributed by atoms with Crippen LogP contribution in [0.1, 0.15) is 24.8 Å². The van der Waals surface area contributed by atoms with Crippen molar-refractivity contribution >= 4 is 35.1 Å². The third kappa shape index (κ3) is 6.88. The highest BCUT2D eigenvalue weighted by atomic mass is 16.1. The number of amides is 2. The van der Waals surface area contributed by atoms with Crippen LogP contribution in [0.4, 0.5) is 22.7 Å². The molecule has 2 aromatic carbocycles. The van der Waals surface area contributed by atoms with Crippen LogP contribution in [0.15, 0.2) is 42.5 Å². The lowest BCUT2D eigenvalue weighted by molar-refractivity contribution is -0.116. The second-order valence-electron chi connectivity index (χ2n) is 9.68. The van der Waals surface area contributed by atoms with Gasteiger partial charge in [-0.15, -0.1) is 0 Å². The summed E-state index contributed by atoms with van der Waals surface area (Å²) >= 11 is 0. The first kappa shape index (κ1) is 24.9. The van der Waals surface area contributed by atoms with Gasteiger partial charge in [-0.25, -0.2) is 0 Å². The van der Waals surface area contributed by atoms with E-state index in [1.54, 1.807) is 0 Å². The first-order valence-corrected chi connectivity index (χ1v) is 12.7. The number of nitrogens with one attached hydrogen (secondary N) is 2. The Kier molecular flexibility index (Phi) is 8.47. The summed E-state index contributed by atoms with van der Waals surface area (Å²) in [6.45, 7) is 9.99. The number of anilines is 4. The quantitative estimate of drug-likeness (QED) is 0.292. The average Bonchev–Trinajstić information content (AvgIpc) is 2.87. The molecule has 4 rings (SSSR count). The maximum absolute atomic E-state index is 12.0. The monoisotopic (exact) mass is 478 g/mol. The molecule has 35 heavy (non-hydrogen) atoms. The van der Waals surface area contributed by atoms with E-state index in [1.165, 1.54) is 30.8 Å². The standard InChI is InChI=1S/C27H38N6O2/c1-21-18-25(6-7-26(21)30-27(35)8-11-29-20-34)33-16-14-31(15-17-33)19-22-9-12-32(13-10-22)24-4-2-23(28)3-5-24/h2-7,18,20,22H,8-17,19,28H2,1H3,(H,29,34)(H,30,35). The smallest absolute Gasteiger partial charge is 0.226 e. The Morgan fingerprint density at radius 1 is 0.971 bits per heavy atom. The van der Waals surface area contributed by atoms with Crippen molar-refractivity contribution in [1.29, 1.82) is 0 Å². The van der Waals surface area contributed by atoms with Crippen LogP contribution in [-0.4, -0.2) is 69.6 Å². The summed E-state index contributed by atoms with van der Waals surface area (Å²) < 4.78 is 0. The predicted octanol–water partition coefficient (Wildman–Crippen LogP) is 2.69. The molecule has 2 aliphatic heterocycles. The number of piperidine rings is 1. The van der Waals surface area contributed by atoms with Gasteiger partial charge in [-0.1, -0.05) is 0 Å². The fourth-order valence-electron chi connectivity index (χ4n) is 5.05. The van der Waals surface area contributed by atoms with Crippen molar-refractivity contribution in [2.75, 3.05) is 73.2 Å². The van der Waals surface area contributed by atoms with Crippen molar-refractivity contribution in [2.24, 2.45) is 5.92 Å². The molecular weight excluding hydrogens is 440 g/mol. The van der Waals surface area contributed by atoms with Gasteiger partial charge >= 0.3 is 0 Å². The van der Waals surface area contributed by atoms with Crippen LogP contribution in [0.5, 0.6) is 0 Å². The van der Waals surface area contributed by atoms with Crippen LogP contribution < -0.4 is 26.2 Å². The van der Waals surface area contributed by atoms with E-state index in [2.05, 4.69) is 49.6 Å². The molecule has 2 heterocycles. The molecule has 0 bridgehead atoms. The van der Waals surface area contributed by atoms with Gasteiger partial charge in [0.25, 0.3) is 0 Å². The highest BCUT2D eigenvalue weighted by Gasteiger charge is 2.24. The van der Waals surface area contributed by atoms with E-state index in [0.717, 1.165) is 62.1 Å². The van der Waals surface area contributed by atoms with Crippen molar-refractivity contribution in [3.8, 4) is 0 Å². The van der Waals surface area contributed by atoms with Crippen LogP contribution in [0.3, 0.4) is 0 Å². The minimum absolute atomic E-state index is 0.0943. The molecular formula is C27H38N6O2. The number of nitrogen functional groups attached to an aromatic ring is 1. The number of hydrogen-bond donors (Lipinski definition) is 3. The molecule has 8 heteroatoms. The number of piperazine rings is 1. The number of benzene rings is 2. The molecule has 0 atom stereocenters. The third-order valence-electron chi connectivity index (χ3n) is 7.19. The van der Waals surface area contributed by atoms with Crippen molar-refractivity contribution in [1.82, 2.24) is 10.2 Å². The van der Waals surface area contributed by atoms with Gasteiger partial charge in [0, 0.05) is 81.5 Å². The van der Waals surface area contributed by atoms with Gasteiger partial charge in [-0.05, 0) is 73.7 Å². The number of nitrogens with two attached hydrogens (primary N) is 1. The van der Waals surface area contributed by atoms with E-state index in [1.807, 2.05) is 25.1 Å². The number of carbonyl (C=O) groups is 2. The van der Waals surface area contributed by atoms with E-state index in [-0.39, 0.29) is 12.3 Å². The van der Waals surface area contributed by atoms with E-state index >= 15 is 0 Å². The van der Waals surface area contributed by atoms with Crippen molar-refractivity contribution in [3.05, 3.63) is 48.0 Å². The topological polar surface area (TPSA) is 93.9 Å². The Balaban J connectivity index is 1.20. The van der Waals surface area contributed by atoms with Crippen molar-refractivity contribution in [3.63, 3.8) is 0 Å². The Hall–Kier alpha value is -3.26. The summed E-state index contributed by atoms with van der Waals surface area (Å²) in [6, 6.07) is 14.5. The number of aryl methyl sites for hydroxylation is 1. The Morgan fingerprint density at radius 3 is 2.29 bits per heavy atom. The van der Waals surface area contributed by atoms with Crippen LogP contribution in [-0.2, 0) is 9.59 Å². The van der Waals surface area contributed by atoms with E-state index in [0.29, 0.717) is 13.0 Å². The summed E-state index contributed by atoms with van der Waals surface area (Å²) in [5.41, 5.74) is 11.0. The largest absolute Gasteiger partial charge is 0.399 e. The second kappa shape index (κ2) is 11.9. The van der Waals surface area contributed by atoms with Crippen LogP contribution in [0, 0.1) is 12.8 Å². The number of carbonyl (C=O) groups excluding carboxylic acids is 2. The molecule has 4 N–H and O–H groups in total. The van der Waals surface area contributed by atoms with E-state index in [9.17, 15) is 9.59 Å². The zero-order chi connectivity index (χ0) is 24.6. The van der Waals surface area contributed by atoms with Gasteiger partial charge in [0.1, 0.15) is 0 Å². The molecule has 8 nitrogen and oxygen atoms in total. The number of hydrogen-bond acceptors (Lipinski definition) is 6. The highest BCUT2D eigenvalue weighted by molar-refractivity contribution is 5.92. The van der Waals surface area contributed by atoms with Crippen LogP contribution >= 0.6 is 0 Å². The predicted molar refractivity (Wildman–Crippen MR) is 143 cm³/mol. The van der Waals surface area contributed by atoms with Crippen molar-refractivity contribution < 1.29 is 9.59 Å². The molecule has 0 saturated carbocycles. The summed E-state index contributed by atoms with van der Waals surface area (Å²) in [7, 11) is 0. The molecule has 2 aromatic rings. The lowest BCUT2D eigenvalue weighted by atomic mass is 9.95. The Labute approximate surface area is 208 Å². The number of rotatable bonds is 9. The molecule has 2 saturated heterocycles. The first-order chi connectivity index (χ1) is 17.0. The van der Waals surface area contributed by atoms with Crippen molar-refractivity contribution in [2.45, 2.75) is 26.2 Å². The van der Waals surface area contributed by atoms with Crippen LogP contribution in [0.25, 0.3) is 0 Å². The molecule has 2 fully saturated rings.